The van der Waals surface area contributed by atoms with Crippen LogP contribution in [0, 0.1) is 0 Å². The van der Waals surface area contributed by atoms with Crippen LogP contribution in [0.2, 0.25) is 0 Å². The van der Waals surface area contributed by atoms with Crippen LogP contribution < -0.4 is 11.5 Å². The van der Waals surface area contributed by atoms with Crippen LogP contribution in [0.4, 0.5) is 0 Å². The third-order valence-electron chi connectivity index (χ3n) is 0.455. The molecule has 0 aliphatic carbocycles. The Balaban J connectivity index is -0.0000000806. The maximum absolute atomic E-state index is 4.66. The molecule has 4 N–H and O–H groups in total. The van der Waals surface area contributed by atoms with E-state index in [0.29, 0.717) is 0 Å². The van der Waals surface area contributed by atoms with Crippen LogP contribution in [-0.2, 0) is 44.7 Å². The van der Waals surface area contributed by atoms with Gasteiger partial charge in [0.25, 0.3) is 0 Å². The van der Waals surface area contributed by atoms with E-state index in [1.54, 1.807) is 21.6 Å². The Bertz CT molecular complexity index is 182. The second kappa shape index (κ2) is 25.8. The fourth-order valence-electron chi connectivity index (χ4n) is 0.192. The zero-order valence-electron chi connectivity index (χ0n) is 9.29. The Morgan fingerprint density at radius 2 is 1.18 bits per heavy atom. The molecule has 0 aliphatic rings. The quantitative estimate of drug-likeness (QED) is 0.184. The van der Waals surface area contributed by atoms with Gasteiger partial charge in [-0.25, -0.2) is 0 Å². The number of rotatable bonds is 5. The Morgan fingerprint density at radius 1 is 1.00 bits per heavy atom. The van der Waals surface area contributed by atoms with Gasteiger partial charge in [0.05, 0.1) is 0 Å². The van der Waals surface area contributed by atoms with Crippen molar-refractivity contribution >= 4 is 79.9 Å². The molecule has 0 saturated heterocycles. The summed E-state index contributed by atoms with van der Waals surface area (Å²) in [5, 5.41) is 0. The maximum atomic E-state index is 4.66. The summed E-state index contributed by atoms with van der Waals surface area (Å²) in [6, 6.07) is 0. The van der Waals surface area contributed by atoms with Crippen LogP contribution in [0.5, 0.6) is 0 Å². The Hall–Kier alpha value is 1.02. The molecule has 0 radical (unpaired) electrons. The van der Waals surface area contributed by atoms with Gasteiger partial charge in [0, 0.05) is 11.5 Å². The molecule has 2 nitrogen and oxygen atoms in total. The predicted molar refractivity (Wildman–Crippen MR) is 93.6 cm³/mol. The monoisotopic (exact) mass is 394 g/mol. The summed E-state index contributed by atoms with van der Waals surface area (Å²) in [7, 11) is 3.61. The van der Waals surface area contributed by atoms with Gasteiger partial charge >= 0.3 is 19.5 Å². The average molecular weight is 396 g/mol. The predicted octanol–water partition coefficient (Wildman–Crippen LogP) is 2.29. The van der Waals surface area contributed by atoms with E-state index >= 15 is 0 Å². The summed E-state index contributed by atoms with van der Waals surface area (Å²) in [6.45, 7) is 7.20. The van der Waals surface area contributed by atoms with Gasteiger partial charge in [0.15, 0.2) is 0 Å². The van der Waals surface area contributed by atoms with Crippen molar-refractivity contribution in [2.24, 2.45) is 11.5 Å². The standard InChI is InChI=1S/C6H10S2.2CH3NS2.Zn/c1-3-5-7-8-6-4-2;2*2-1(3)4;/h3-4H,1-2,5-6H2;2*(H3,2,3,4);/q;;;+2/p-2. The van der Waals surface area contributed by atoms with Crippen LogP contribution >= 0.6 is 46.0 Å². The molecule has 0 bridgehead atoms. The molecule has 0 aliphatic heterocycles. The van der Waals surface area contributed by atoms with E-state index in [2.05, 4.69) is 74.3 Å². The van der Waals surface area contributed by atoms with Gasteiger partial charge in [-0.3, -0.25) is 0 Å². The molecule has 0 spiro atoms. The van der Waals surface area contributed by atoms with Crippen molar-refractivity contribution in [2.45, 2.75) is 0 Å². The van der Waals surface area contributed by atoms with Gasteiger partial charge in [-0.05, 0) is 0 Å². The molecule has 0 amide bonds. The van der Waals surface area contributed by atoms with Crippen LogP contribution in [-0.4, -0.2) is 20.1 Å². The molecule has 0 aromatic carbocycles. The summed E-state index contributed by atoms with van der Waals surface area (Å²) in [4.78, 5) is 0. The summed E-state index contributed by atoms with van der Waals surface area (Å²) in [5.74, 6) is 2.05. The van der Waals surface area contributed by atoms with E-state index in [1.165, 1.54) is 0 Å². The second-order valence-electron chi connectivity index (χ2n) is 1.78. The fourth-order valence-corrected chi connectivity index (χ4v) is 1.73. The molecule has 0 rings (SSSR count). The first-order valence-corrected chi connectivity index (χ1v) is 7.89. The van der Waals surface area contributed by atoms with Crippen molar-refractivity contribution in [3.63, 3.8) is 0 Å². The van der Waals surface area contributed by atoms with E-state index < -0.39 is 0 Å². The van der Waals surface area contributed by atoms with Crippen LogP contribution in [0.25, 0.3) is 0 Å². The maximum Gasteiger partial charge on any atom is 2.00 e. The van der Waals surface area contributed by atoms with Crippen LogP contribution in [0.1, 0.15) is 0 Å². The summed E-state index contributed by atoms with van der Waals surface area (Å²) >= 11 is 16.5. The van der Waals surface area contributed by atoms with Crippen molar-refractivity contribution in [1.82, 2.24) is 0 Å². The summed E-state index contributed by atoms with van der Waals surface area (Å²) < 4.78 is 0.167. The van der Waals surface area contributed by atoms with Crippen molar-refractivity contribution in [2.75, 3.05) is 11.5 Å². The van der Waals surface area contributed by atoms with Gasteiger partial charge in [0.2, 0.25) is 0 Å². The molecule has 0 aromatic heterocycles. The second-order valence-corrected chi connectivity index (χ2v) is 6.61. The van der Waals surface area contributed by atoms with E-state index in [0.717, 1.165) is 11.5 Å². The molecule has 0 fully saturated rings. The van der Waals surface area contributed by atoms with Gasteiger partial charge in [-0.1, -0.05) is 42.4 Å². The molecule has 9 heteroatoms. The van der Waals surface area contributed by atoms with Crippen LogP contribution in [0.15, 0.2) is 25.3 Å². The number of thiocarbonyl (C=S) groups is 2. The van der Waals surface area contributed by atoms with E-state index in [9.17, 15) is 0 Å². The molecule has 17 heavy (non-hydrogen) atoms. The minimum atomic E-state index is 0. The van der Waals surface area contributed by atoms with E-state index in [1.807, 2.05) is 12.2 Å². The number of nitrogens with two attached hydrogens (primary N) is 2. The van der Waals surface area contributed by atoms with Gasteiger partial charge in [0.1, 0.15) is 0 Å². The number of hydrogen-bond donors (Lipinski definition) is 2. The largest absolute Gasteiger partial charge is 2.00 e. The zero-order valence-corrected chi connectivity index (χ0v) is 17.2. The van der Waals surface area contributed by atoms with E-state index in [-0.39, 0.29) is 28.1 Å². The van der Waals surface area contributed by atoms with Gasteiger partial charge in [-0.15, -0.1) is 13.2 Å². The molecular formula is C8H14N2S6Zn. The zero-order chi connectivity index (χ0) is 13.4. The topological polar surface area (TPSA) is 52.0 Å². The van der Waals surface area contributed by atoms with Crippen molar-refractivity contribution in [1.29, 1.82) is 0 Å². The van der Waals surface area contributed by atoms with Crippen LogP contribution in [0.3, 0.4) is 0 Å². The molecule has 0 aromatic rings. The molecular weight excluding hydrogens is 382 g/mol. The van der Waals surface area contributed by atoms with Crippen molar-refractivity contribution in [3.05, 3.63) is 25.3 Å². The van der Waals surface area contributed by atoms with Crippen molar-refractivity contribution in [3.8, 4) is 0 Å². The Labute approximate surface area is 146 Å². The third-order valence-corrected chi connectivity index (χ3v) is 2.68. The normalized spacial score (nSPS) is 6.82. The minimum absolute atomic E-state index is 0. The SMILES string of the molecule is C=CCSSCC=C.NC(=S)[S-].NC(=S)[S-].[Zn+2]. The Kier molecular flexibility index (Phi) is 40.3. The van der Waals surface area contributed by atoms with E-state index in [4.69, 9.17) is 0 Å². The van der Waals surface area contributed by atoms with Crippen molar-refractivity contribution < 1.29 is 19.5 Å². The minimum Gasteiger partial charge on any atom is -0.415 e. The molecule has 0 saturated carbocycles. The Morgan fingerprint density at radius 3 is 1.29 bits per heavy atom. The fraction of sp³-hybridized carbons (Fsp3) is 0.250. The summed E-state index contributed by atoms with van der Waals surface area (Å²) in [5.41, 5.74) is 9.31. The molecule has 94 valence electrons. The average Bonchev–Trinajstić information content (AvgIpc) is 2.11. The van der Waals surface area contributed by atoms with Gasteiger partial charge in [-0.2, -0.15) is 0 Å². The first kappa shape index (κ1) is 26.6. The first-order valence-electron chi connectivity index (χ1n) is 3.77. The van der Waals surface area contributed by atoms with Gasteiger partial charge < -0.3 is 61.2 Å². The first-order chi connectivity index (χ1) is 7.38. The summed E-state index contributed by atoms with van der Waals surface area (Å²) in [6.07, 6.45) is 3.81. The molecule has 0 atom stereocenters. The smallest absolute Gasteiger partial charge is 0.415 e. The third kappa shape index (κ3) is 106. The number of hydrogen-bond acceptors (Lipinski definition) is 6. The molecule has 0 heterocycles. The molecule has 0 unspecified atom stereocenters.